The maximum absolute atomic E-state index is 13.3. The van der Waals surface area contributed by atoms with Crippen molar-refractivity contribution in [1.29, 1.82) is 0 Å². The average Bonchev–Trinajstić information content (AvgIpc) is 3.79. The molecule has 0 bridgehead atoms. The zero-order valence-electron chi connectivity index (χ0n) is 26.1. The summed E-state index contributed by atoms with van der Waals surface area (Å²) in [6.45, 7) is 4.09. The number of methoxy groups -OCH3 is 1. The van der Waals surface area contributed by atoms with Gasteiger partial charge in [0.15, 0.2) is 5.82 Å². The van der Waals surface area contributed by atoms with E-state index in [2.05, 4.69) is 73.5 Å². The van der Waals surface area contributed by atoms with Crippen molar-refractivity contribution in [3.05, 3.63) is 53.4 Å². The van der Waals surface area contributed by atoms with Crippen LogP contribution >= 0.6 is 11.6 Å². The highest BCUT2D eigenvalue weighted by molar-refractivity contribution is 7.93. The molecule has 1 saturated heterocycles. The van der Waals surface area contributed by atoms with Gasteiger partial charge in [-0.05, 0) is 63.5 Å². The summed E-state index contributed by atoms with van der Waals surface area (Å²) in [6.07, 6.45) is 7.84. The van der Waals surface area contributed by atoms with Gasteiger partial charge in [0.25, 0.3) is 0 Å². The van der Waals surface area contributed by atoms with Crippen molar-refractivity contribution in [2.45, 2.75) is 43.9 Å². The van der Waals surface area contributed by atoms with Crippen molar-refractivity contribution in [3.8, 4) is 5.75 Å². The van der Waals surface area contributed by atoms with E-state index in [4.69, 9.17) is 16.3 Å². The third-order valence-corrected chi connectivity index (χ3v) is 11.1. The van der Waals surface area contributed by atoms with Crippen LogP contribution < -0.4 is 24.6 Å². The summed E-state index contributed by atoms with van der Waals surface area (Å²) in [4.78, 5) is 22.6. The van der Waals surface area contributed by atoms with Crippen LogP contribution in [0.4, 0.5) is 34.5 Å². The lowest BCUT2D eigenvalue weighted by Gasteiger charge is -2.25. The van der Waals surface area contributed by atoms with Crippen LogP contribution in [0.15, 0.2) is 42.9 Å². The number of nitrogens with zero attached hydrogens (tertiary/aromatic N) is 7. The minimum Gasteiger partial charge on any atom is -0.494 e. The number of aromatic nitrogens is 4. The van der Waals surface area contributed by atoms with Crippen molar-refractivity contribution in [2.24, 2.45) is 0 Å². The van der Waals surface area contributed by atoms with Gasteiger partial charge in [0.05, 0.1) is 35.4 Å². The lowest BCUT2D eigenvalue weighted by atomic mass is 10.1. The number of aryl methyl sites for hydroxylation is 1. The molecule has 4 aromatic rings. The van der Waals surface area contributed by atoms with Crippen molar-refractivity contribution in [1.82, 2.24) is 24.8 Å². The molecule has 238 valence electrons. The van der Waals surface area contributed by atoms with Crippen molar-refractivity contribution in [3.63, 3.8) is 0 Å². The topological polar surface area (TPSA) is 129 Å². The zero-order valence-corrected chi connectivity index (χ0v) is 27.7. The molecule has 3 heterocycles. The van der Waals surface area contributed by atoms with Crippen molar-refractivity contribution >= 4 is 67.2 Å². The van der Waals surface area contributed by atoms with Gasteiger partial charge in [0.1, 0.15) is 22.0 Å². The number of sulfonamides is 1. The number of hydrogen-bond acceptors (Lipinski definition) is 11. The van der Waals surface area contributed by atoms with Gasteiger partial charge in [-0.3, -0.25) is 14.3 Å². The maximum atomic E-state index is 13.3. The van der Waals surface area contributed by atoms with Crippen LogP contribution in [-0.4, -0.2) is 85.9 Å². The average molecular weight is 652 g/mol. The highest BCUT2D eigenvalue weighted by atomic mass is 35.5. The van der Waals surface area contributed by atoms with E-state index in [0.717, 1.165) is 31.6 Å². The fraction of sp³-hybridized carbons (Fsp3) is 0.419. The molecule has 6 rings (SSSR count). The highest BCUT2D eigenvalue weighted by Crippen LogP contribution is 2.41. The Bertz CT molecular complexity index is 1840. The SMILES string of the molecule is CCc1cc(Nc2ncc(Cl)c(Nc3ccc4nccnc4c3N(C)S(=O)(=O)C3CC3)n2)c(OC)cc1N1CCC(N(C)C)C1. The maximum Gasteiger partial charge on any atom is 0.237 e. The van der Waals surface area contributed by atoms with Crippen molar-refractivity contribution < 1.29 is 13.2 Å². The molecule has 45 heavy (non-hydrogen) atoms. The first-order valence-electron chi connectivity index (χ1n) is 15.0. The predicted molar refractivity (Wildman–Crippen MR) is 180 cm³/mol. The summed E-state index contributed by atoms with van der Waals surface area (Å²) in [6, 6.07) is 8.20. The second kappa shape index (κ2) is 12.5. The van der Waals surface area contributed by atoms with Gasteiger partial charge in [-0.15, -0.1) is 0 Å². The van der Waals surface area contributed by atoms with E-state index < -0.39 is 15.3 Å². The van der Waals surface area contributed by atoms with Gasteiger partial charge in [-0.25, -0.2) is 13.4 Å². The van der Waals surface area contributed by atoms with Gasteiger partial charge in [-0.2, -0.15) is 4.98 Å². The number of anilines is 6. The first-order valence-corrected chi connectivity index (χ1v) is 16.9. The molecule has 2 aliphatic rings. The van der Waals surface area contributed by atoms with Gasteiger partial charge in [0.2, 0.25) is 16.0 Å². The first kappa shape index (κ1) is 31.1. The molecule has 1 aliphatic heterocycles. The van der Waals surface area contributed by atoms with E-state index in [0.29, 0.717) is 58.8 Å². The summed E-state index contributed by atoms with van der Waals surface area (Å²) in [5, 5.41) is 6.41. The van der Waals surface area contributed by atoms with E-state index in [1.54, 1.807) is 38.7 Å². The highest BCUT2D eigenvalue weighted by Gasteiger charge is 2.40. The van der Waals surface area contributed by atoms with E-state index in [1.165, 1.54) is 21.8 Å². The number of ether oxygens (including phenoxy) is 1. The smallest absolute Gasteiger partial charge is 0.237 e. The Kier molecular flexibility index (Phi) is 8.59. The Hall–Kier alpha value is -3.94. The summed E-state index contributed by atoms with van der Waals surface area (Å²) in [5.74, 6) is 1.27. The molecule has 2 aromatic heterocycles. The van der Waals surface area contributed by atoms with Gasteiger partial charge < -0.3 is 25.2 Å². The van der Waals surface area contributed by atoms with Crippen LogP contribution in [0.25, 0.3) is 11.0 Å². The molecule has 2 N–H and O–H groups in total. The summed E-state index contributed by atoms with van der Waals surface area (Å²) in [7, 11) is 3.85. The molecular weight excluding hydrogens is 614 g/mol. The van der Waals surface area contributed by atoms with Crippen molar-refractivity contribution in [2.75, 3.05) is 61.2 Å². The number of rotatable bonds is 11. The fourth-order valence-electron chi connectivity index (χ4n) is 5.76. The number of nitrogens with one attached hydrogen (secondary N) is 2. The lowest BCUT2D eigenvalue weighted by Crippen LogP contribution is -2.31. The molecule has 1 atom stereocenters. The molecule has 2 fully saturated rings. The van der Waals surface area contributed by atoms with E-state index >= 15 is 0 Å². The molecule has 0 radical (unpaired) electrons. The van der Waals surface area contributed by atoms with Gasteiger partial charge in [0, 0.05) is 50.3 Å². The molecule has 1 saturated carbocycles. The second-order valence-corrected chi connectivity index (χ2v) is 14.3. The predicted octanol–water partition coefficient (Wildman–Crippen LogP) is 5.20. The third-order valence-electron chi connectivity index (χ3n) is 8.52. The number of likely N-dealkylation sites (N-methyl/N-ethyl adjacent to an activating group) is 1. The number of fused-ring (bicyclic) bond motifs is 1. The monoisotopic (exact) mass is 651 g/mol. The Morgan fingerprint density at radius 1 is 1.04 bits per heavy atom. The Morgan fingerprint density at radius 2 is 1.82 bits per heavy atom. The molecule has 12 nitrogen and oxygen atoms in total. The largest absolute Gasteiger partial charge is 0.494 e. The molecule has 14 heteroatoms. The van der Waals surface area contributed by atoms with E-state index in [-0.39, 0.29) is 5.02 Å². The minimum absolute atomic E-state index is 0.263. The van der Waals surface area contributed by atoms with Crippen LogP contribution in [-0.2, 0) is 16.4 Å². The van der Waals surface area contributed by atoms with Crippen LogP contribution in [0.3, 0.4) is 0 Å². The summed E-state index contributed by atoms with van der Waals surface area (Å²) < 4.78 is 33.7. The molecule has 1 aliphatic carbocycles. The minimum atomic E-state index is -3.59. The standard InChI is InChI=1S/C31H38ClN9O3S/c1-6-19-15-25(27(44-5)16-26(19)41-14-11-20(18-41)39(2)3)37-31-35-17-22(32)30(38-31)36-24-10-9-23-28(34-13-12-33-23)29(24)40(4)45(42,43)21-7-8-21/h9-10,12-13,15-17,20-21H,6-8,11,14,18H2,1-5H3,(H2,35,36,37,38). The molecule has 2 aromatic carbocycles. The second-order valence-electron chi connectivity index (χ2n) is 11.6. The van der Waals surface area contributed by atoms with Crippen LogP contribution in [0.1, 0.15) is 31.7 Å². The van der Waals surface area contributed by atoms with Gasteiger partial charge >= 0.3 is 0 Å². The quantitative estimate of drug-likeness (QED) is 0.222. The van der Waals surface area contributed by atoms with Gasteiger partial charge in [-0.1, -0.05) is 18.5 Å². The number of halogens is 1. The molecule has 0 spiro atoms. The lowest BCUT2D eigenvalue weighted by molar-refractivity contribution is 0.315. The van der Waals surface area contributed by atoms with E-state index in [1.807, 2.05) is 0 Å². The van der Waals surface area contributed by atoms with E-state index in [9.17, 15) is 8.42 Å². The zero-order chi connectivity index (χ0) is 31.9. The normalized spacial score (nSPS) is 16.8. The number of hydrogen-bond donors (Lipinski definition) is 2. The molecular formula is C31H38ClN9O3S. The first-order chi connectivity index (χ1) is 21.6. The van der Waals surface area contributed by atoms with Crippen LogP contribution in [0, 0.1) is 0 Å². The third kappa shape index (κ3) is 6.16. The van der Waals surface area contributed by atoms with Crippen LogP contribution in [0.2, 0.25) is 5.02 Å². The Morgan fingerprint density at radius 3 is 2.51 bits per heavy atom. The summed E-state index contributed by atoms with van der Waals surface area (Å²) in [5.41, 5.74) is 4.95. The Balaban J connectivity index is 1.32. The Labute approximate surface area is 268 Å². The molecule has 1 unspecified atom stereocenters. The summed E-state index contributed by atoms with van der Waals surface area (Å²) >= 11 is 6.57. The number of benzene rings is 2. The fourth-order valence-corrected chi connectivity index (χ4v) is 7.52. The molecule has 0 amide bonds. The van der Waals surface area contributed by atoms with Crippen LogP contribution in [0.5, 0.6) is 5.75 Å².